The number of hydrogen-bond acceptors (Lipinski definition) is 4. The Morgan fingerprint density at radius 2 is 1.40 bits per heavy atom. The molecule has 0 bridgehead atoms. The highest BCUT2D eigenvalue weighted by atomic mass is 19.4. The maximum Gasteiger partial charge on any atom is 0.422 e. The molecule has 1 aromatic carbocycles. The second kappa shape index (κ2) is 7.08. The van der Waals surface area contributed by atoms with Gasteiger partial charge < -0.3 is 13.9 Å². The van der Waals surface area contributed by atoms with E-state index in [-0.39, 0.29) is 28.6 Å². The van der Waals surface area contributed by atoms with Crippen LogP contribution in [0.1, 0.15) is 10.6 Å². The SMILES string of the molecule is O=Cc1ccc(-c2cc(OCC(F)(F)F)cc(OCC(F)(F)F)c2)o1. The average Bonchev–Trinajstić information content (AvgIpc) is 2.99. The van der Waals surface area contributed by atoms with Gasteiger partial charge in [-0.25, -0.2) is 0 Å². The van der Waals surface area contributed by atoms with E-state index in [0.717, 1.165) is 18.2 Å². The lowest BCUT2D eigenvalue weighted by molar-refractivity contribution is -0.153. The van der Waals surface area contributed by atoms with Gasteiger partial charge in [-0.1, -0.05) is 0 Å². The topological polar surface area (TPSA) is 48.7 Å². The van der Waals surface area contributed by atoms with E-state index in [9.17, 15) is 31.1 Å². The summed E-state index contributed by atoms with van der Waals surface area (Å²) >= 11 is 0. The van der Waals surface area contributed by atoms with Gasteiger partial charge in [-0.05, 0) is 24.3 Å². The van der Waals surface area contributed by atoms with Crippen LogP contribution in [0, 0.1) is 0 Å². The van der Waals surface area contributed by atoms with E-state index in [1.807, 2.05) is 0 Å². The average molecular weight is 368 g/mol. The molecule has 25 heavy (non-hydrogen) atoms. The Hall–Kier alpha value is -2.65. The van der Waals surface area contributed by atoms with E-state index in [0.29, 0.717) is 6.29 Å². The highest BCUT2D eigenvalue weighted by Crippen LogP contribution is 2.32. The zero-order chi connectivity index (χ0) is 18.7. The fraction of sp³-hybridized carbons (Fsp3) is 0.267. The van der Waals surface area contributed by atoms with Crippen LogP contribution in [0.5, 0.6) is 11.5 Å². The number of carbonyl (C=O) groups excluding carboxylic acids is 1. The molecule has 1 heterocycles. The van der Waals surface area contributed by atoms with Gasteiger partial charge in [0.2, 0.25) is 0 Å². The second-order valence-corrected chi connectivity index (χ2v) is 4.82. The first-order valence-corrected chi connectivity index (χ1v) is 6.65. The van der Waals surface area contributed by atoms with Crippen molar-refractivity contribution in [3.63, 3.8) is 0 Å². The molecule has 0 aliphatic carbocycles. The van der Waals surface area contributed by atoms with Gasteiger partial charge in [0.15, 0.2) is 25.3 Å². The molecule has 0 atom stereocenters. The monoisotopic (exact) mass is 368 g/mol. The lowest BCUT2D eigenvalue weighted by Gasteiger charge is -2.13. The van der Waals surface area contributed by atoms with Crippen molar-refractivity contribution < 1.29 is 45.0 Å². The number of halogens is 6. The molecule has 1 aromatic heterocycles. The summed E-state index contributed by atoms with van der Waals surface area (Å²) in [4.78, 5) is 10.6. The number of rotatable bonds is 6. The van der Waals surface area contributed by atoms with Gasteiger partial charge in [0.25, 0.3) is 0 Å². The summed E-state index contributed by atoms with van der Waals surface area (Å²) in [5, 5.41) is 0. The minimum Gasteiger partial charge on any atom is -0.484 e. The Kier molecular flexibility index (Phi) is 5.29. The van der Waals surface area contributed by atoms with Crippen LogP contribution in [-0.2, 0) is 0 Å². The normalized spacial score (nSPS) is 12.1. The molecule has 0 fully saturated rings. The van der Waals surface area contributed by atoms with E-state index >= 15 is 0 Å². The van der Waals surface area contributed by atoms with Crippen molar-refractivity contribution in [3.05, 3.63) is 36.1 Å². The number of furan rings is 1. The van der Waals surface area contributed by atoms with E-state index in [2.05, 4.69) is 9.47 Å². The van der Waals surface area contributed by atoms with E-state index in [4.69, 9.17) is 4.42 Å². The van der Waals surface area contributed by atoms with Crippen molar-refractivity contribution in [2.45, 2.75) is 12.4 Å². The predicted octanol–water partition coefficient (Wildman–Crippen LogP) is 4.64. The van der Waals surface area contributed by atoms with Crippen molar-refractivity contribution in [1.82, 2.24) is 0 Å². The number of ether oxygens (including phenoxy) is 2. The lowest BCUT2D eigenvalue weighted by atomic mass is 10.1. The largest absolute Gasteiger partial charge is 0.484 e. The summed E-state index contributed by atoms with van der Waals surface area (Å²) < 4.78 is 87.7. The van der Waals surface area contributed by atoms with Gasteiger partial charge in [0.05, 0.1) is 0 Å². The van der Waals surface area contributed by atoms with E-state index in [1.54, 1.807) is 0 Å². The highest BCUT2D eigenvalue weighted by molar-refractivity contribution is 5.73. The number of carbonyl (C=O) groups is 1. The fourth-order valence-corrected chi connectivity index (χ4v) is 1.78. The predicted molar refractivity (Wildman–Crippen MR) is 72.6 cm³/mol. The van der Waals surface area contributed by atoms with Crippen LogP contribution in [0.4, 0.5) is 26.3 Å². The number of hydrogen-bond donors (Lipinski definition) is 0. The molecule has 0 saturated carbocycles. The molecule has 0 radical (unpaired) electrons. The van der Waals surface area contributed by atoms with Crippen LogP contribution >= 0.6 is 0 Å². The third-order valence-electron chi connectivity index (χ3n) is 2.71. The lowest BCUT2D eigenvalue weighted by Crippen LogP contribution is -2.20. The molecule has 0 unspecified atom stereocenters. The minimum atomic E-state index is -4.63. The minimum absolute atomic E-state index is 0.0522. The van der Waals surface area contributed by atoms with Crippen LogP contribution in [0.25, 0.3) is 11.3 Å². The van der Waals surface area contributed by atoms with Crippen molar-refractivity contribution >= 4 is 6.29 Å². The zero-order valence-electron chi connectivity index (χ0n) is 12.3. The summed E-state index contributed by atoms with van der Waals surface area (Å²) in [6, 6.07) is 5.77. The molecule has 2 aromatic rings. The van der Waals surface area contributed by atoms with Gasteiger partial charge in [-0.15, -0.1) is 0 Å². The number of benzene rings is 1. The van der Waals surface area contributed by atoms with Crippen molar-refractivity contribution in [1.29, 1.82) is 0 Å². The van der Waals surface area contributed by atoms with Gasteiger partial charge in [0, 0.05) is 11.6 Å². The first kappa shape index (κ1) is 18.7. The van der Waals surface area contributed by atoms with E-state index in [1.165, 1.54) is 12.1 Å². The smallest absolute Gasteiger partial charge is 0.422 e. The van der Waals surface area contributed by atoms with Gasteiger partial charge in [-0.3, -0.25) is 4.79 Å². The van der Waals surface area contributed by atoms with Gasteiger partial charge in [-0.2, -0.15) is 26.3 Å². The van der Waals surface area contributed by atoms with Gasteiger partial charge in [0.1, 0.15) is 17.3 Å². The molecular weight excluding hydrogens is 358 g/mol. The summed E-state index contributed by atoms with van der Waals surface area (Å²) in [6.45, 7) is -3.26. The molecule has 0 N–H and O–H groups in total. The Balaban J connectivity index is 2.31. The second-order valence-electron chi connectivity index (χ2n) is 4.82. The molecule has 0 amide bonds. The first-order chi connectivity index (χ1) is 11.6. The molecule has 0 aliphatic rings. The Morgan fingerprint density at radius 1 is 0.880 bits per heavy atom. The number of aldehydes is 1. The molecular formula is C15H10F6O4. The first-order valence-electron chi connectivity index (χ1n) is 6.65. The Morgan fingerprint density at radius 3 is 1.80 bits per heavy atom. The summed E-state index contributed by atoms with van der Waals surface area (Å²) in [5.74, 6) is -0.738. The van der Waals surface area contributed by atoms with Crippen molar-refractivity contribution in [3.8, 4) is 22.8 Å². The standard InChI is InChI=1S/C15H10F6O4/c16-14(17,18)7-23-11-3-9(13-2-1-10(6-22)25-13)4-12(5-11)24-8-15(19,20)21/h1-6H,7-8H2. The summed E-state index contributed by atoms with van der Waals surface area (Å²) in [6.07, 6.45) is -8.86. The van der Waals surface area contributed by atoms with Gasteiger partial charge >= 0.3 is 12.4 Å². The van der Waals surface area contributed by atoms with Crippen LogP contribution in [0.3, 0.4) is 0 Å². The molecule has 2 rings (SSSR count). The molecule has 0 saturated heterocycles. The molecule has 0 aliphatic heterocycles. The Labute approximate surface area is 136 Å². The molecule has 136 valence electrons. The maximum absolute atomic E-state index is 12.3. The number of alkyl halides is 6. The third-order valence-corrected chi connectivity index (χ3v) is 2.71. The molecule has 4 nitrogen and oxygen atoms in total. The van der Waals surface area contributed by atoms with Crippen LogP contribution in [0.2, 0.25) is 0 Å². The quantitative estimate of drug-likeness (QED) is 0.551. The summed E-state index contributed by atoms with van der Waals surface area (Å²) in [5.41, 5.74) is 0.0879. The molecule has 0 spiro atoms. The van der Waals surface area contributed by atoms with E-state index < -0.39 is 25.6 Å². The van der Waals surface area contributed by atoms with Crippen LogP contribution in [-0.4, -0.2) is 31.9 Å². The Bertz CT molecular complexity index is 696. The van der Waals surface area contributed by atoms with Crippen LogP contribution in [0.15, 0.2) is 34.7 Å². The zero-order valence-corrected chi connectivity index (χ0v) is 12.3. The maximum atomic E-state index is 12.3. The van der Waals surface area contributed by atoms with Crippen molar-refractivity contribution in [2.75, 3.05) is 13.2 Å². The highest BCUT2D eigenvalue weighted by Gasteiger charge is 2.30. The van der Waals surface area contributed by atoms with Crippen LogP contribution < -0.4 is 9.47 Å². The van der Waals surface area contributed by atoms with Crippen molar-refractivity contribution in [2.24, 2.45) is 0 Å². The summed E-state index contributed by atoms with van der Waals surface area (Å²) in [7, 11) is 0. The third kappa shape index (κ3) is 6.05. The fourth-order valence-electron chi connectivity index (χ4n) is 1.78. The molecule has 10 heteroatoms.